The Morgan fingerprint density at radius 3 is 2.67 bits per heavy atom. The van der Waals surface area contributed by atoms with Crippen LogP contribution in [0, 0.1) is 6.92 Å². The molecule has 2 aromatic rings. The van der Waals surface area contributed by atoms with Crippen LogP contribution in [0.5, 0.6) is 0 Å². The van der Waals surface area contributed by atoms with Crippen molar-refractivity contribution in [3.05, 3.63) is 68.7 Å². The van der Waals surface area contributed by atoms with Gasteiger partial charge in [0.05, 0.1) is 5.02 Å². The summed E-state index contributed by atoms with van der Waals surface area (Å²) >= 11 is 9.77. The van der Waals surface area contributed by atoms with E-state index in [-0.39, 0.29) is 0 Å². The van der Waals surface area contributed by atoms with Crippen molar-refractivity contribution in [1.29, 1.82) is 0 Å². The van der Waals surface area contributed by atoms with Crippen LogP contribution in [0.15, 0.2) is 46.9 Å². The zero-order valence-electron chi connectivity index (χ0n) is 12.1. The van der Waals surface area contributed by atoms with Crippen molar-refractivity contribution in [1.82, 2.24) is 5.32 Å². The standard InChI is InChI=1S/C18H19BrClN/c1-12-3-2-4-13(9-12)16-11-21-8-7-15(16)14-5-6-17(19)18(20)10-14/h2-6,9-10,15-16,21H,7-8,11H2,1H3. The Bertz CT molecular complexity index is 641. The maximum absolute atomic E-state index is 6.29. The van der Waals surface area contributed by atoms with Crippen molar-refractivity contribution in [2.75, 3.05) is 13.1 Å². The topological polar surface area (TPSA) is 12.0 Å². The molecule has 2 aromatic carbocycles. The van der Waals surface area contributed by atoms with Gasteiger partial charge >= 0.3 is 0 Å². The lowest BCUT2D eigenvalue weighted by molar-refractivity contribution is 0.404. The lowest BCUT2D eigenvalue weighted by Gasteiger charge is -2.33. The average molecular weight is 365 g/mol. The summed E-state index contributed by atoms with van der Waals surface area (Å²) in [5.74, 6) is 1.04. The largest absolute Gasteiger partial charge is 0.316 e. The van der Waals surface area contributed by atoms with E-state index in [1.165, 1.54) is 16.7 Å². The quantitative estimate of drug-likeness (QED) is 0.765. The molecule has 0 radical (unpaired) electrons. The average Bonchev–Trinajstić information content (AvgIpc) is 2.50. The first kappa shape index (κ1) is 15.1. The van der Waals surface area contributed by atoms with Gasteiger partial charge in [-0.2, -0.15) is 0 Å². The zero-order valence-corrected chi connectivity index (χ0v) is 14.4. The molecule has 0 spiro atoms. The Hall–Kier alpha value is -0.830. The third-order valence-electron chi connectivity index (χ3n) is 4.32. The SMILES string of the molecule is Cc1cccc(C2CNCCC2c2ccc(Br)c(Cl)c2)c1. The molecule has 1 N–H and O–H groups in total. The number of hydrogen-bond donors (Lipinski definition) is 1. The number of hydrogen-bond acceptors (Lipinski definition) is 1. The molecule has 21 heavy (non-hydrogen) atoms. The van der Waals surface area contributed by atoms with Gasteiger partial charge in [0.1, 0.15) is 0 Å². The van der Waals surface area contributed by atoms with Gasteiger partial charge in [-0.15, -0.1) is 0 Å². The highest BCUT2D eigenvalue weighted by molar-refractivity contribution is 9.10. The minimum absolute atomic E-state index is 0.510. The van der Waals surface area contributed by atoms with Gasteiger partial charge in [-0.05, 0) is 65.0 Å². The fourth-order valence-corrected chi connectivity index (χ4v) is 3.69. The molecule has 1 nitrogen and oxygen atoms in total. The van der Waals surface area contributed by atoms with E-state index in [2.05, 4.69) is 70.6 Å². The number of nitrogens with one attached hydrogen (secondary N) is 1. The van der Waals surface area contributed by atoms with E-state index >= 15 is 0 Å². The van der Waals surface area contributed by atoms with Gasteiger partial charge in [-0.3, -0.25) is 0 Å². The summed E-state index contributed by atoms with van der Waals surface area (Å²) in [6.07, 6.45) is 1.15. The Labute approximate surface area is 139 Å². The van der Waals surface area contributed by atoms with Crippen LogP contribution in [0.4, 0.5) is 0 Å². The zero-order chi connectivity index (χ0) is 14.8. The summed E-state index contributed by atoms with van der Waals surface area (Å²) in [4.78, 5) is 0. The number of benzene rings is 2. The molecule has 0 amide bonds. The minimum Gasteiger partial charge on any atom is -0.316 e. The molecule has 0 aromatic heterocycles. The predicted octanol–water partition coefficient (Wildman–Crippen LogP) is 5.27. The van der Waals surface area contributed by atoms with Gasteiger partial charge in [0.2, 0.25) is 0 Å². The van der Waals surface area contributed by atoms with Crippen molar-refractivity contribution >= 4 is 27.5 Å². The van der Waals surface area contributed by atoms with Crippen LogP contribution in [0.2, 0.25) is 5.02 Å². The number of aryl methyl sites for hydroxylation is 1. The molecule has 0 aliphatic carbocycles. The normalized spacial score (nSPS) is 22.2. The molecule has 1 aliphatic rings. The van der Waals surface area contributed by atoms with Crippen LogP contribution >= 0.6 is 27.5 Å². The van der Waals surface area contributed by atoms with Crippen molar-refractivity contribution in [2.24, 2.45) is 0 Å². The molecule has 1 heterocycles. The van der Waals surface area contributed by atoms with E-state index in [9.17, 15) is 0 Å². The number of rotatable bonds is 2. The molecule has 1 aliphatic heterocycles. The number of halogens is 2. The summed E-state index contributed by atoms with van der Waals surface area (Å²) in [5, 5.41) is 4.34. The van der Waals surface area contributed by atoms with Crippen LogP contribution in [-0.2, 0) is 0 Å². The molecule has 1 fully saturated rings. The van der Waals surface area contributed by atoms with E-state index in [1.807, 2.05) is 0 Å². The van der Waals surface area contributed by atoms with E-state index < -0.39 is 0 Å². The van der Waals surface area contributed by atoms with Crippen LogP contribution in [-0.4, -0.2) is 13.1 Å². The molecule has 0 saturated carbocycles. The highest BCUT2D eigenvalue weighted by Gasteiger charge is 2.28. The number of piperidine rings is 1. The first-order valence-electron chi connectivity index (χ1n) is 7.37. The molecular formula is C18H19BrClN. The lowest BCUT2D eigenvalue weighted by Crippen LogP contribution is -2.34. The summed E-state index contributed by atoms with van der Waals surface area (Å²) in [6, 6.07) is 15.3. The second kappa shape index (κ2) is 6.51. The van der Waals surface area contributed by atoms with Crippen LogP contribution < -0.4 is 5.32 Å². The summed E-state index contributed by atoms with van der Waals surface area (Å²) in [7, 11) is 0. The van der Waals surface area contributed by atoms with Gasteiger partial charge in [-0.25, -0.2) is 0 Å². The fourth-order valence-electron chi connectivity index (χ4n) is 3.25. The second-order valence-corrected chi connectivity index (χ2v) is 7.06. The Balaban J connectivity index is 1.96. The highest BCUT2D eigenvalue weighted by Crippen LogP contribution is 2.39. The predicted molar refractivity (Wildman–Crippen MR) is 93.3 cm³/mol. The minimum atomic E-state index is 0.510. The van der Waals surface area contributed by atoms with E-state index in [4.69, 9.17) is 11.6 Å². The molecule has 3 heteroatoms. The van der Waals surface area contributed by atoms with Crippen molar-refractivity contribution in [2.45, 2.75) is 25.2 Å². The fraction of sp³-hybridized carbons (Fsp3) is 0.333. The van der Waals surface area contributed by atoms with E-state index in [0.29, 0.717) is 11.8 Å². The van der Waals surface area contributed by atoms with Crippen molar-refractivity contribution < 1.29 is 0 Å². The van der Waals surface area contributed by atoms with Gasteiger partial charge in [0.25, 0.3) is 0 Å². The van der Waals surface area contributed by atoms with Gasteiger partial charge in [0, 0.05) is 16.9 Å². The maximum Gasteiger partial charge on any atom is 0.0550 e. The third-order valence-corrected chi connectivity index (χ3v) is 5.56. The van der Waals surface area contributed by atoms with Crippen molar-refractivity contribution in [3.8, 4) is 0 Å². The smallest absolute Gasteiger partial charge is 0.0550 e. The molecule has 1 saturated heterocycles. The molecule has 2 atom stereocenters. The lowest BCUT2D eigenvalue weighted by atomic mass is 9.77. The maximum atomic E-state index is 6.29. The molecule has 3 rings (SSSR count). The first-order valence-corrected chi connectivity index (χ1v) is 8.54. The molecule has 2 unspecified atom stereocenters. The Kier molecular flexibility index (Phi) is 4.68. The van der Waals surface area contributed by atoms with Crippen molar-refractivity contribution in [3.63, 3.8) is 0 Å². The monoisotopic (exact) mass is 363 g/mol. The third kappa shape index (κ3) is 3.33. The van der Waals surface area contributed by atoms with E-state index in [1.54, 1.807) is 0 Å². The summed E-state index contributed by atoms with van der Waals surface area (Å²) < 4.78 is 0.967. The van der Waals surface area contributed by atoms with E-state index in [0.717, 1.165) is 29.0 Å². The summed E-state index contributed by atoms with van der Waals surface area (Å²) in [6.45, 7) is 4.26. The second-order valence-electron chi connectivity index (χ2n) is 5.79. The van der Waals surface area contributed by atoms with Crippen LogP contribution in [0.3, 0.4) is 0 Å². The van der Waals surface area contributed by atoms with Gasteiger partial charge in [0.15, 0.2) is 0 Å². The Morgan fingerprint density at radius 1 is 1.10 bits per heavy atom. The molecular weight excluding hydrogens is 346 g/mol. The molecule has 110 valence electrons. The van der Waals surface area contributed by atoms with Crippen LogP contribution in [0.1, 0.15) is 34.9 Å². The van der Waals surface area contributed by atoms with Gasteiger partial charge < -0.3 is 5.32 Å². The Morgan fingerprint density at radius 2 is 1.90 bits per heavy atom. The highest BCUT2D eigenvalue weighted by atomic mass is 79.9. The first-order chi connectivity index (χ1) is 10.1. The molecule has 0 bridgehead atoms. The van der Waals surface area contributed by atoms with Gasteiger partial charge in [-0.1, -0.05) is 47.5 Å². The van der Waals surface area contributed by atoms with Crippen LogP contribution in [0.25, 0.3) is 0 Å². The summed E-state index contributed by atoms with van der Waals surface area (Å²) in [5.41, 5.74) is 4.09.